The van der Waals surface area contributed by atoms with Crippen molar-refractivity contribution in [2.24, 2.45) is 5.10 Å². The van der Waals surface area contributed by atoms with Crippen LogP contribution >= 0.6 is 24.0 Å². The molecule has 0 atom stereocenters. The monoisotopic (exact) mass is 398 g/mol. The number of carboxylic acids is 1. The molecule has 2 aromatic rings. The first-order valence-corrected chi connectivity index (χ1v) is 9.07. The molecule has 1 aliphatic heterocycles. The zero-order chi connectivity index (χ0) is 19.2. The fourth-order valence-corrected chi connectivity index (χ4v) is 3.41. The van der Waals surface area contributed by atoms with E-state index in [1.807, 2.05) is 30.3 Å². The van der Waals surface area contributed by atoms with E-state index >= 15 is 0 Å². The molecule has 2 aromatic carbocycles. The van der Waals surface area contributed by atoms with Gasteiger partial charge in [-0.1, -0.05) is 54.2 Å². The topological polar surface area (TPSA) is 79.2 Å². The molecule has 0 aliphatic carbocycles. The molecule has 0 aromatic heterocycles. The number of amides is 1. The predicted molar refractivity (Wildman–Crippen MR) is 109 cm³/mol. The molecule has 6 nitrogen and oxygen atoms in total. The summed E-state index contributed by atoms with van der Waals surface area (Å²) >= 11 is 6.43. The fraction of sp³-hybridized carbons (Fsp3) is 0.0526. The van der Waals surface area contributed by atoms with Crippen LogP contribution in [0.5, 0.6) is 5.75 Å². The van der Waals surface area contributed by atoms with Gasteiger partial charge in [0, 0.05) is 5.56 Å². The van der Waals surface area contributed by atoms with Gasteiger partial charge in [-0.3, -0.25) is 4.79 Å². The quantitative estimate of drug-likeness (QED) is 0.457. The highest BCUT2D eigenvalue weighted by molar-refractivity contribution is 8.26. The van der Waals surface area contributed by atoms with E-state index in [1.54, 1.807) is 30.3 Å². The first-order chi connectivity index (χ1) is 13.0. The van der Waals surface area contributed by atoms with Gasteiger partial charge in [0.05, 0.1) is 11.1 Å². The highest BCUT2D eigenvalue weighted by Gasteiger charge is 2.32. The number of hydrogen-bond acceptors (Lipinski definition) is 6. The Bertz CT molecular complexity index is 942. The second-order valence-corrected chi connectivity index (χ2v) is 7.04. The summed E-state index contributed by atoms with van der Waals surface area (Å²) in [6.45, 7) is -0.467. The second-order valence-electron chi connectivity index (χ2n) is 5.37. The first-order valence-electron chi connectivity index (χ1n) is 7.85. The van der Waals surface area contributed by atoms with Crippen molar-refractivity contribution in [3.8, 4) is 5.75 Å². The average Bonchev–Trinajstić information content (AvgIpc) is 2.93. The van der Waals surface area contributed by atoms with Gasteiger partial charge in [0.25, 0.3) is 5.91 Å². The molecule has 0 spiro atoms. The summed E-state index contributed by atoms with van der Waals surface area (Å²) in [6, 6.07) is 16.3. The second kappa shape index (κ2) is 8.61. The Balaban J connectivity index is 1.78. The van der Waals surface area contributed by atoms with Crippen LogP contribution in [0.4, 0.5) is 0 Å². The Labute approximate surface area is 165 Å². The number of carbonyl (C=O) groups is 2. The van der Waals surface area contributed by atoms with E-state index in [1.165, 1.54) is 18.0 Å². The van der Waals surface area contributed by atoms with Crippen LogP contribution in [0.15, 0.2) is 64.6 Å². The van der Waals surface area contributed by atoms with E-state index in [4.69, 9.17) is 22.1 Å². The van der Waals surface area contributed by atoms with Crippen LogP contribution in [0.3, 0.4) is 0 Å². The molecule has 1 amide bonds. The number of rotatable bonds is 6. The van der Waals surface area contributed by atoms with E-state index in [0.717, 1.165) is 10.6 Å². The van der Waals surface area contributed by atoms with Gasteiger partial charge in [-0.05, 0) is 36.0 Å². The van der Waals surface area contributed by atoms with E-state index in [2.05, 4.69) is 5.10 Å². The highest BCUT2D eigenvalue weighted by atomic mass is 32.2. The molecule has 0 radical (unpaired) electrons. The molecule has 8 heteroatoms. The van der Waals surface area contributed by atoms with Gasteiger partial charge in [0.15, 0.2) is 10.9 Å². The predicted octanol–water partition coefficient (Wildman–Crippen LogP) is 3.39. The number of benzene rings is 2. The van der Waals surface area contributed by atoms with Gasteiger partial charge < -0.3 is 9.84 Å². The van der Waals surface area contributed by atoms with Gasteiger partial charge in [-0.25, -0.2) is 4.79 Å². The van der Waals surface area contributed by atoms with Crippen LogP contribution in [0.2, 0.25) is 0 Å². The fourth-order valence-electron chi connectivity index (χ4n) is 2.24. The highest BCUT2D eigenvalue weighted by Crippen LogP contribution is 2.32. The molecule has 27 heavy (non-hydrogen) atoms. The first kappa shape index (κ1) is 18.8. The summed E-state index contributed by atoms with van der Waals surface area (Å²) in [7, 11) is 0. The summed E-state index contributed by atoms with van der Waals surface area (Å²) in [6.07, 6.45) is 3.19. The molecule has 136 valence electrons. The number of thioether (sulfide) groups is 1. The molecule has 3 rings (SSSR count). The molecule has 1 aliphatic rings. The van der Waals surface area contributed by atoms with E-state index in [9.17, 15) is 9.59 Å². The Morgan fingerprint density at radius 1 is 1.19 bits per heavy atom. The third-order valence-electron chi connectivity index (χ3n) is 3.45. The number of carbonyl (C=O) groups excluding carboxylic acids is 1. The van der Waals surface area contributed by atoms with Crippen LogP contribution in [0.1, 0.15) is 11.1 Å². The third-order valence-corrected chi connectivity index (χ3v) is 4.74. The maximum atomic E-state index is 12.6. The number of hydrazone groups is 1. The van der Waals surface area contributed by atoms with Crippen LogP contribution < -0.4 is 4.74 Å². The SMILES string of the molecule is O=C(O)COc1ccccc1C=NN1C(=O)C(=Cc2ccccc2)SC1=S. The van der Waals surface area contributed by atoms with Crippen molar-refractivity contribution in [3.05, 3.63) is 70.6 Å². The Hall–Kier alpha value is -2.97. The van der Waals surface area contributed by atoms with Crippen LogP contribution in [0.25, 0.3) is 6.08 Å². The standard InChI is InChI=1S/C19H14N2O4S2/c22-17(23)12-25-15-9-5-4-8-14(15)11-20-21-18(24)16(27-19(21)26)10-13-6-2-1-3-7-13/h1-11H,12H2,(H,22,23). The van der Waals surface area contributed by atoms with Crippen molar-refractivity contribution in [2.45, 2.75) is 0 Å². The number of nitrogens with zero attached hydrogens (tertiary/aromatic N) is 2. The van der Waals surface area contributed by atoms with Crippen molar-refractivity contribution >= 4 is 52.5 Å². The summed E-state index contributed by atoms with van der Waals surface area (Å²) in [5, 5.41) is 14.1. The number of para-hydroxylation sites is 1. The van der Waals surface area contributed by atoms with E-state index < -0.39 is 12.6 Å². The lowest BCUT2D eigenvalue weighted by atomic mass is 10.2. The van der Waals surface area contributed by atoms with Crippen LogP contribution in [-0.2, 0) is 9.59 Å². The van der Waals surface area contributed by atoms with Gasteiger partial charge >= 0.3 is 5.97 Å². The smallest absolute Gasteiger partial charge is 0.341 e. The lowest BCUT2D eigenvalue weighted by molar-refractivity contribution is -0.139. The molecular formula is C19H14N2O4S2. The van der Waals surface area contributed by atoms with Crippen molar-refractivity contribution in [1.29, 1.82) is 0 Å². The van der Waals surface area contributed by atoms with Crippen LogP contribution in [-0.4, -0.2) is 39.1 Å². The zero-order valence-corrected chi connectivity index (χ0v) is 15.6. The van der Waals surface area contributed by atoms with E-state index in [0.29, 0.717) is 20.5 Å². The minimum absolute atomic E-state index is 0.311. The maximum Gasteiger partial charge on any atom is 0.341 e. The van der Waals surface area contributed by atoms with Gasteiger partial charge in [-0.2, -0.15) is 10.1 Å². The average molecular weight is 398 g/mol. The molecule has 1 fully saturated rings. The van der Waals surface area contributed by atoms with Crippen molar-refractivity contribution in [1.82, 2.24) is 5.01 Å². The van der Waals surface area contributed by atoms with Crippen molar-refractivity contribution < 1.29 is 19.4 Å². The Kier molecular flexibility index (Phi) is 6.00. The van der Waals surface area contributed by atoms with Crippen molar-refractivity contribution in [2.75, 3.05) is 6.61 Å². The lowest BCUT2D eigenvalue weighted by Crippen LogP contribution is -2.22. The zero-order valence-electron chi connectivity index (χ0n) is 13.9. The minimum atomic E-state index is -1.08. The maximum absolute atomic E-state index is 12.6. The normalized spacial score (nSPS) is 15.7. The summed E-state index contributed by atoms with van der Waals surface area (Å²) in [5.74, 6) is -1.03. The Morgan fingerprint density at radius 3 is 2.63 bits per heavy atom. The molecule has 0 bridgehead atoms. The largest absolute Gasteiger partial charge is 0.481 e. The third kappa shape index (κ3) is 4.81. The molecule has 1 N–H and O–H groups in total. The number of carboxylic acid groups (broad SMARTS) is 1. The minimum Gasteiger partial charge on any atom is -0.481 e. The lowest BCUT2D eigenvalue weighted by Gasteiger charge is -2.09. The summed E-state index contributed by atoms with van der Waals surface area (Å²) in [4.78, 5) is 23.7. The summed E-state index contributed by atoms with van der Waals surface area (Å²) in [5.41, 5.74) is 1.44. The van der Waals surface area contributed by atoms with Crippen LogP contribution in [0, 0.1) is 0 Å². The van der Waals surface area contributed by atoms with Gasteiger partial charge in [0.2, 0.25) is 0 Å². The van der Waals surface area contributed by atoms with Gasteiger partial charge in [-0.15, -0.1) is 0 Å². The molecule has 1 saturated heterocycles. The number of ether oxygens (including phenoxy) is 1. The molecule has 1 heterocycles. The molecular weight excluding hydrogens is 384 g/mol. The molecule has 0 saturated carbocycles. The summed E-state index contributed by atoms with van der Waals surface area (Å²) < 4.78 is 5.55. The Morgan fingerprint density at radius 2 is 1.89 bits per heavy atom. The number of hydrogen-bond donors (Lipinski definition) is 1. The van der Waals surface area contributed by atoms with Gasteiger partial charge in [0.1, 0.15) is 5.75 Å². The molecule has 0 unspecified atom stereocenters. The van der Waals surface area contributed by atoms with E-state index in [-0.39, 0.29) is 5.91 Å². The number of aliphatic carboxylic acids is 1. The number of thiocarbonyl (C=S) groups is 1. The van der Waals surface area contributed by atoms with Crippen molar-refractivity contribution in [3.63, 3.8) is 0 Å².